The lowest BCUT2D eigenvalue weighted by Crippen LogP contribution is -1.98. The SMILES string of the molecule is CCCCCCCc1cnc(-c2ccc(-c3ccc(CCCCCC)c(F)c3F)cc2)nc1. The summed E-state index contributed by atoms with van der Waals surface area (Å²) in [5.74, 6) is -0.845. The van der Waals surface area contributed by atoms with Gasteiger partial charge in [0.15, 0.2) is 17.5 Å². The molecule has 176 valence electrons. The molecule has 4 heteroatoms. The highest BCUT2D eigenvalue weighted by Gasteiger charge is 2.15. The molecule has 0 amide bonds. The molecular formula is C29H36F2N2. The number of benzene rings is 2. The predicted molar refractivity (Wildman–Crippen MR) is 133 cm³/mol. The number of hydrogen-bond acceptors (Lipinski definition) is 2. The Hall–Kier alpha value is -2.62. The van der Waals surface area contributed by atoms with Crippen LogP contribution in [0.2, 0.25) is 0 Å². The molecule has 0 spiro atoms. The van der Waals surface area contributed by atoms with E-state index >= 15 is 0 Å². The number of nitrogens with zero attached hydrogens (tertiary/aromatic N) is 2. The number of rotatable bonds is 13. The van der Waals surface area contributed by atoms with E-state index in [1.54, 1.807) is 24.3 Å². The molecular weight excluding hydrogens is 414 g/mol. The first-order valence-corrected chi connectivity index (χ1v) is 12.5. The average molecular weight is 451 g/mol. The fraction of sp³-hybridized carbons (Fsp3) is 0.448. The lowest BCUT2D eigenvalue weighted by molar-refractivity contribution is 0.498. The first kappa shape index (κ1) is 25.0. The van der Waals surface area contributed by atoms with Crippen molar-refractivity contribution < 1.29 is 8.78 Å². The summed E-state index contributed by atoms with van der Waals surface area (Å²) in [6.07, 6.45) is 15.8. The summed E-state index contributed by atoms with van der Waals surface area (Å²) in [5, 5.41) is 0. The van der Waals surface area contributed by atoms with E-state index in [1.165, 1.54) is 25.7 Å². The second kappa shape index (κ2) is 13.2. The molecule has 0 aliphatic heterocycles. The molecule has 0 aliphatic carbocycles. The number of unbranched alkanes of at least 4 members (excludes halogenated alkanes) is 7. The molecule has 0 atom stereocenters. The second-order valence-corrected chi connectivity index (χ2v) is 8.87. The van der Waals surface area contributed by atoms with Crippen LogP contribution in [0, 0.1) is 11.6 Å². The van der Waals surface area contributed by atoms with Crippen LogP contribution in [-0.2, 0) is 12.8 Å². The maximum Gasteiger partial charge on any atom is 0.166 e. The van der Waals surface area contributed by atoms with Gasteiger partial charge in [0.05, 0.1) is 0 Å². The van der Waals surface area contributed by atoms with E-state index in [4.69, 9.17) is 0 Å². The average Bonchev–Trinajstić information content (AvgIpc) is 2.85. The van der Waals surface area contributed by atoms with E-state index in [0.29, 0.717) is 23.4 Å². The smallest absolute Gasteiger partial charge is 0.166 e. The van der Waals surface area contributed by atoms with Gasteiger partial charge in [-0.25, -0.2) is 18.7 Å². The van der Waals surface area contributed by atoms with Crippen LogP contribution in [0.15, 0.2) is 48.8 Å². The summed E-state index contributed by atoms with van der Waals surface area (Å²) in [7, 11) is 0. The highest BCUT2D eigenvalue weighted by molar-refractivity contribution is 5.68. The zero-order valence-corrected chi connectivity index (χ0v) is 20.0. The molecule has 0 saturated heterocycles. The Balaban J connectivity index is 1.63. The monoisotopic (exact) mass is 450 g/mol. The summed E-state index contributed by atoms with van der Waals surface area (Å²) in [4.78, 5) is 9.01. The Labute approximate surface area is 197 Å². The minimum atomic E-state index is -0.768. The molecule has 0 radical (unpaired) electrons. The van der Waals surface area contributed by atoms with Gasteiger partial charge in [-0.15, -0.1) is 0 Å². The van der Waals surface area contributed by atoms with Gasteiger partial charge in [-0.3, -0.25) is 0 Å². The molecule has 2 aromatic carbocycles. The minimum Gasteiger partial charge on any atom is -0.236 e. The van der Waals surface area contributed by atoms with E-state index in [-0.39, 0.29) is 5.56 Å². The summed E-state index contributed by atoms with van der Waals surface area (Å²) >= 11 is 0. The molecule has 0 saturated carbocycles. The molecule has 0 unspecified atom stereocenters. The van der Waals surface area contributed by atoms with Crippen LogP contribution in [0.25, 0.3) is 22.5 Å². The maximum absolute atomic E-state index is 14.8. The van der Waals surface area contributed by atoms with Crippen molar-refractivity contribution in [2.75, 3.05) is 0 Å². The van der Waals surface area contributed by atoms with E-state index in [2.05, 4.69) is 23.8 Å². The Bertz CT molecular complexity index is 982. The van der Waals surface area contributed by atoms with Crippen molar-refractivity contribution in [3.63, 3.8) is 0 Å². The maximum atomic E-state index is 14.8. The third kappa shape index (κ3) is 7.18. The first-order chi connectivity index (χ1) is 16.1. The standard InChI is InChI=1S/C29H36F2N2/c1-3-5-7-9-10-12-22-20-32-29(33-21-22)25-16-14-23(15-17-25)26-19-18-24(27(30)28(26)31)13-11-8-6-4-2/h14-21H,3-13H2,1-2H3. The normalized spacial score (nSPS) is 11.2. The van der Waals surface area contributed by atoms with Crippen LogP contribution >= 0.6 is 0 Å². The van der Waals surface area contributed by atoms with Crippen molar-refractivity contribution in [1.29, 1.82) is 0 Å². The van der Waals surface area contributed by atoms with Gasteiger partial charge in [0, 0.05) is 23.5 Å². The topological polar surface area (TPSA) is 25.8 Å². The molecule has 3 aromatic rings. The fourth-order valence-electron chi connectivity index (χ4n) is 4.11. The van der Waals surface area contributed by atoms with Crippen molar-refractivity contribution in [3.05, 3.63) is 71.6 Å². The van der Waals surface area contributed by atoms with Crippen molar-refractivity contribution in [1.82, 2.24) is 9.97 Å². The molecule has 2 nitrogen and oxygen atoms in total. The number of aryl methyl sites for hydroxylation is 2. The van der Waals surface area contributed by atoms with Crippen LogP contribution in [0.1, 0.15) is 82.8 Å². The molecule has 1 aromatic heterocycles. The number of halogens is 2. The fourth-order valence-corrected chi connectivity index (χ4v) is 4.11. The van der Waals surface area contributed by atoms with E-state index < -0.39 is 11.6 Å². The van der Waals surface area contributed by atoms with Crippen LogP contribution in [0.3, 0.4) is 0 Å². The van der Waals surface area contributed by atoms with Gasteiger partial charge >= 0.3 is 0 Å². The van der Waals surface area contributed by atoms with Gasteiger partial charge in [-0.05, 0) is 42.4 Å². The van der Waals surface area contributed by atoms with Gasteiger partial charge < -0.3 is 0 Å². The highest BCUT2D eigenvalue weighted by Crippen LogP contribution is 2.29. The Morgan fingerprint density at radius 1 is 0.606 bits per heavy atom. The third-order valence-corrected chi connectivity index (χ3v) is 6.19. The molecule has 0 N–H and O–H groups in total. The van der Waals surface area contributed by atoms with Crippen molar-refractivity contribution in [3.8, 4) is 22.5 Å². The first-order valence-electron chi connectivity index (χ1n) is 12.5. The molecule has 0 aliphatic rings. The van der Waals surface area contributed by atoms with E-state index in [0.717, 1.165) is 49.7 Å². The zero-order chi connectivity index (χ0) is 23.5. The zero-order valence-electron chi connectivity index (χ0n) is 20.0. The van der Waals surface area contributed by atoms with Crippen LogP contribution in [0.5, 0.6) is 0 Å². The van der Waals surface area contributed by atoms with Gasteiger partial charge in [-0.1, -0.05) is 95.2 Å². The van der Waals surface area contributed by atoms with Crippen molar-refractivity contribution >= 4 is 0 Å². The Kier molecular flexibility index (Phi) is 9.99. The summed E-state index contributed by atoms with van der Waals surface area (Å²) in [6, 6.07) is 10.8. The minimum absolute atomic E-state index is 0.288. The summed E-state index contributed by atoms with van der Waals surface area (Å²) in [6.45, 7) is 4.36. The Morgan fingerprint density at radius 3 is 1.85 bits per heavy atom. The van der Waals surface area contributed by atoms with Gasteiger partial charge in [0.2, 0.25) is 0 Å². The molecule has 0 fully saturated rings. The summed E-state index contributed by atoms with van der Waals surface area (Å²) < 4.78 is 29.4. The Morgan fingerprint density at radius 2 is 1.18 bits per heavy atom. The third-order valence-electron chi connectivity index (χ3n) is 6.19. The predicted octanol–water partition coefficient (Wildman–Crippen LogP) is 8.72. The van der Waals surface area contributed by atoms with E-state index in [1.807, 2.05) is 24.5 Å². The van der Waals surface area contributed by atoms with Gasteiger partial charge in [-0.2, -0.15) is 0 Å². The van der Waals surface area contributed by atoms with Crippen molar-refractivity contribution in [2.45, 2.75) is 84.5 Å². The number of aromatic nitrogens is 2. The van der Waals surface area contributed by atoms with Crippen LogP contribution < -0.4 is 0 Å². The molecule has 33 heavy (non-hydrogen) atoms. The van der Waals surface area contributed by atoms with Gasteiger partial charge in [0.25, 0.3) is 0 Å². The molecule has 1 heterocycles. The number of hydrogen-bond donors (Lipinski definition) is 0. The highest BCUT2D eigenvalue weighted by atomic mass is 19.2. The van der Waals surface area contributed by atoms with Crippen LogP contribution in [0.4, 0.5) is 8.78 Å². The second-order valence-electron chi connectivity index (χ2n) is 8.87. The van der Waals surface area contributed by atoms with Gasteiger partial charge in [0.1, 0.15) is 0 Å². The van der Waals surface area contributed by atoms with Crippen molar-refractivity contribution in [2.24, 2.45) is 0 Å². The largest absolute Gasteiger partial charge is 0.236 e. The quantitative estimate of drug-likeness (QED) is 0.243. The summed E-state index contributed by atoms with van der Waals surface area (Å²) in [5.41, 5.74) is 3.41. The lowest BCUT2D eigenvalue weighted by atomic mass is 9.98. The lowest BCUT2D eigenvalue weighted by Gasteiger charge is -2.10. The molecule has 0 bridgehead atoms. The van der Waals surface area contributed by atoms with E-state index in [9.17, 15) is 8.78 Å². The van der Waals surface area contributed by atoms with Crippen LogP contribution in [-0.4, -0.2) is 9.97 Å². The molecule has 3 rings (SSSR count).